The standard InChI is InChI=1S/C17H18INO/c1-2-16(19-13-15(18)11-12-17(19)20)10-6-9-14-7-4-3-5-8-14/h2-5,7-8,11-13,16H,1,6,9-10H2. The van der Waals surface area contributed by atoms with Crippen LogP contribution in [0.25, 0.3) is 0 Å². The van der Waals surface area contributed by atoms with Gasteiger partial charge in [0.15, 0.2) is 0 Å². The zero-order chi connectivity index (χ0) is 14.4. The predicted molar refractivity (Wildman–Crippen MR) is 92.0 cm³/mol. The molecule has 0 saturated heterocycles. The summed E-state index contributed by atoms with van der Waals surface area (Å²) in [4.78, 5) is 11.9. The fourth-order valence-electron chi connectivity index (χ4n) is 2.27. The van der Waals surface area contributed by atoms with Crippen molar-refractivity contribution in [1.82, 2.24) is 4.57 Å². The molecule has 0 amide bonds. The molecule has 0 fully saturated rings. The van der Waals surface area contributed by atoms with E-state index in [1.165, 1.54) is 5.56 Å². The second kappa shape index (κ2) is 7.43. The zero-order valence-corrected chi connectivity index (χ0v) is 13.5. The SMILES string of the molecule is C=CC(CCCc1ccccc1)n1cc(I)ccc1=O. The molecule has 2 aromatic rings. The van der Waals surface area contributed by atoms with Crippen LogP contribution in [0.1, 0.15) is 24.4 Å². The number of hydrogen-bond donors (Lipinski definition) is 0. The summed E-state index contributed by atoms with van der Waals surface area (Å²) < 4.78 is 2.84. The van der Waals surface area contributed by atoms with Crippen molar-refractivity contribution in [3.8, 4) is 0 Å². The summed E-state index contributed by atoms with van der Waals surface area (Å²) >= 11 is 2.22. The average Bonchev–Trinajstić information content (AvgIpc) is 2.48. The Morgan fingerprint density at radius 1 is 1.20 bits per heavy atom. The molecule has 0 aliphatic rings. The molecule has 1 aromatic heterocycles. The molecule has 1 unspecified atom stereocenters. The van der Waals surface area contributed by atoms with Gasteiger partial charge in [-0.15, -0.1) is 6.58 Å². The summed E-state index contributed by atoms with van der Waals surface area (Å²) in [6.45, 7) is 3.87. The normalized spacial score (nSPS) is 12.1. The van der Waals surface area contributed by atoms with Crippen molar-refractivity contribution in [1.29, 1.82) is 0 Å². The Hall–Kier alpha value is -1.36. The van der Waals surface area contributed by atoms with Crippen molar-refractivity contribution in [2.75, 3.05) is 0 Å². The van der Waals surface area contributed by atoms with Gasteiger partial charge in [-0.25, -0.2) is 0 Å². The lowest BCUT2D eigenvalue weighted by atomic mass is 10.0. The van der Waals surface area contributed by atoms with E-state index in [1.807, 2.05) is 24.4 Å². The number of benzene rings is 1. The first-order chi connectivity index (χ1) is 9.70. The van der Waals surface area contributed by atoms with Gasteiger partial charge in [-0.05, 0) is 53.5 Å². The van der Waals surface area contributed by atoms with Crippen molar-refractivity contribution in [2.45, 2.75) is 25.3 Å². The van der Waals surface area contributed by atoms with E-state index in [1.54, 1.807) is 10.6 Å². The summed E-state index contributed by atoms with van der Waals surface area (Å²) in [7, 11) is 0. The van der Waals surface area contributed by atoms with Gasteiger partial charge in [-0.2, -0.15) is 0 Å². The Morgan fingerprint density at radius 2 is 1.95 bits per heavy atom. The Morgan fingerprint density at radius 3 is 2.65 bits per heavy atom. The lowest BCUT2D eigenvalue weighted by Crippen LogP contribution is -2.22. The summed E-state index contributed by atoms with van der Waals surface area (Å²) in [5.74, 6) is 0. The highest BCUT2D eigenvalue weighted by atomic mass is 127. The Kier molecular flexibility index (Phi) is 5.59. The molecular formula is C17H18INO. The molecule has 20 heavy (non-hydrogen) atoms. The van der Waals surface area contributed by atoms with Crippen molar-refractivity contribution in [3.05, 3.63) is 80.8 Å². The molecule has 0 radical (unpaired) electrons. The molecule has 0 aliphatic heterocycles. The highest BCUT2D eigenvalue weighted by Gasteiger charge is 2.08. The molecule has 1 atom stereocenters. The number of hydrogen-bond acceptors (Lipinski definition) is 1. The third-order valence-electron chi connectivity index (χ3n) is 3.34. The molecule has 2 nitrogen and oxygen atoms in total. The molecular weight excluding hydrogens is 361 g/mol. The van der Waals surface area contributed by atoms with Gasteiger partial charge in [0.2, 0.25) is 0 Å². The molecule has 0 bridgehead atoms. The first kappa shape index (κ1) is 15.0. The Labute approximate surface area is 133 Å². The van der Waals surface area contributed by atoms with Gasteiger partial charge in [0, 0.05) is 15.8 Å². The average molecular weight is 379 g/mol. The number of pyridine rings is 1. The Bertz CT molecular complexity index is 618. The van der Waals surface area contributed by atoms with Crippen molar-refractivity contribution >= 4 is 22.6 Å². The quantitative estimate of drug-likeness (QED) is 0.545. The van der Waals surface area contributed by atoms with E-state index in [-0.39, 0.29) is 11.6 Å². The van der Waals surface area contributed by atoms with Gasteiger partial charge >= 0.3 is 0 Å². The van der Waals surface area contributed by atoms with Crippen LogP contribution in [-0.4, -0.2) is 4.57 Å². The second-order valence-corrected chi connectivity index (χ2v) is 6.02. The van der Waals surface area contributed by atoms with Crippen LogP contribution in [0.4, 0.5) is 0 Å². The van der Waals surface area contributed by atoms with E-state index in [0.29, 0.717) is 0 Å². The van der Waals surface area contributed by atoms with Crippen LogP contribution in [0.3, 0.4) is 0 Å². The van der Waals surface area contributed by atoms with E-state index in [2.05, 4.69) is 53.4 Å². The molecule has 2 rings (SSSR count). The van der Waals surface area contributed by atoms with Crippen LogP contribution < -0.4 is 5.56 Å². The highest BCUT2D eigenvalue weighted by molar-refractivity contribution is 14.1. The molecule has 0 spiro atoms. The van der Waals surface area contributed by atoms with Gasteiger partial charge in [0.25, 0.3) is 5.56 Å². The number of aromatic nitrogens is 1. The molecule has 1 heterocycles. The largest absolute Gasteiger partial charge is 0.308 e. The number of nitrogens with zero attached hydrogens (tertiary/aromatic N) is 1. The van der Waals surface area contributed by atoms with Crippen LogP contribution in [-0.2, 0) is 6.42 Å². The number of aryl methyl sites for hydroxylation is 1. The van der Waals surface area contributed by atoms with Crippen LogP contribution in [0, 0.1) is 3.57 Å². The monoisotopic (exact) mass is 379 g/mol. The highest BCUT2D eigenvalue weighted by Crippen LogP contribution is 2.16. The van der Waals surface area contributed by atoms with Gasteiger partial charge in [-0.3, -0.25) is 4.79 Å². The second-order valence-electron chi connectivity index (χ2n) is 4.77. The van der Waals surface area contributed by atoms with Crippen molar-refractivity contribution < 1.29 is 0 Å². The molecule has 104 valence electrons. The molecule has 1 aromatic carbocycles. The third kappa shape index (κ3) is 4.07. The number of allylic oxidation sites excluding steroid dienone is 1. The summed E-state index contributed by atoms with van der Waals surface area (Å²) in [6, 6.07) is 14.0. The summed E-state index contributed by atoms with van der Waals surface area (Å²) in [6.07, 6.45) is 6.76. The minimum atomic E-state index is 0.0371. The van der Waals surface area contributed by atoms with Crippen LogP contribution in [0.15, 0.2) is 66.1 Å². The zero-order valence-electron chi connectivity index (χ0n) is 11.3. The predicted octanol–water partition coefficient (Wildman–Crippen LogP) is 4.20. The van der Waals surface area contributed by atoms with Gasteiger partial charge in [0.05, 0.1) is 6.04 Å². The van der Waals surface area contributed by atoms with Crippen LogP contribution >= 0.6 is 22.6 Å². The number of halogens is 1. The van der Waals surface area contributed by atoms with Gasteiger partial charge in [0.1, 0.15) is 0 Å². The van der Waals surface area contributed by atoms with Crippen molar-refractivity contribution in [3.63, 3.8) is 0 Å². The van der Waals surface area contributed by atoms with Crippen LogP contribution in [0.5, 0.6) is 0 Å². The van der Waals surface area contributed by atoms with Crippen molar-refractivity contribution in [2.24, 2.45) is 0 Å². The minimum absolute atomic E-state index is 0.0371. The molecule has 0 N–H and O–H groups in total. The summed E-state index contributed by atoms with van der Waals surface area (Å²) in [5, 5.41) is 0. The van der Waals surface area contributed by atoms with Gasteiger partial charge in [-0.1, -0.05) is 36.4 Å². The van der Waals surface area contributed by atoms with E-state index in [9.17, 15) is 4.79 Å². The summed E-state index contributed by atoms with van der Waals surface area (Å²) in [5.41, 5.74) is 1.38. The number of rotatable bonds is 6. The van der Waals surface area contributed by atoms with Crippen LogP contribution in [0.2, 0.25) is 0 Å². The lowest BCUT2D eigenvalue weighted by molar-refractivity contribution is 0.520. The maximum Gasteiger partial charge on any atom is 0.251 e. The van der Waals surface area contributed by atoms with E-state index < -0.39 is 0 Å². The minimum Gasteiger partial charge on any atom is -0.308 e. The molecule has 0 aliphatic carbocycles. The maximum atomic E-state index is 11.9. The third-order valence-corrected chi connectivity index (χ3v) is 3.98. The van der Waals surface area contributed by atoms with Gasteiger partial charge < -0.3 is 4.57 Å². The fraction of sp³-hybridized carbons (Fsp3) is 0.235. The molecule has 3 heteroatoms. The smallest absolute Gasteiger partial charge is 0.251 e. The first-order valence-electron chi connectivity index (χ1n) is 6.75. The lowest BCUT2D eigenvalue weighted by Gasteiger charge is -2.16. The Balaban J connectivity index is 2.01. The van der Waals surface area contributed by atoms with E-state index >= 15 is 0 Å². The first-order valence-corrected chi connectivity index (χ1v) is 7.83. The van der Waals surface area contributed by atoms with E-state index in [0.717, 1.165) is 22.8 Å². The maximum absolute atomic E-state index is 11.9. The topological polar surface area (TPSA) is 22.0 Å². The fourth-order valence-corrected chi connectivity index (χ4v) is 2.75. The molecule has 0 saturated carbocycles. The van der Waals surface area contributed by atoms with E-state index in [4.69, 9.17) is 0 Å².